The Bertz CT molecular complexity index is 400. The highest BCUT2D eigenvalue weighted by atomic mass is 79.9. The highest BCUT2D eigenvalue weighted by Crippen LogP contribution is 2.17. The second-order valence-corrected chi connectivity index (χ2v) is 5.54. The van der Waals surface area contributed by atoms with Gasteiger partial charge in [-0.05, 0) is 52.9 Å². The molecule has 0 saturated carbocycles. The summed E-state index contributed by atoms with van der Waals surface area (Å²) in [6.07, 6.45) is 4.32. The molecule has 6 heteroatoms. The highest BCUT2D eigenvalue weighted by molar-refractivity contribution is 9.10. The highest BCUT2D eigenvalue weighted by Gasteiger charge is 2.13. The Morgan fingerprint density at radius 1 is 1.71 bits per heavy atom. The molecule has 4 nitrogen and oxygen atoms in total. The second kappa shape index (κ2) is 6.98. The number of nitrogens with two attached hydrogens (primary N) is 1. The summed E-state index contributed by atoms with van der Waals surface area (Å²) >= 11 is 5.03. The number of nitrogens with zero attached hydrogens (tertiary/aromatic N) is 1. The monoisotopic (exact) mass is 317 g/mol. The van der Waals surface area contributed by atoms with E-state index in [0.29, 0.717) is 12.2 Å². The molecule has 0 saturated heterocycles. The second-order valence-electron chi connectivity index (χ2n) is 3.70. The first kappa shape index (κ1) is 14.5. The van der Waals surface area contributed by atoms with Gasteiger partial charge in [-0.15, -0.1) is 0 Å². The Balaban J connectivity index is 2.58. The van der Waals surface area contributed by atoms with Gasteiger partial charge in [0.25, 0.3) is 0 Å². The minimum Gasteiger partial charge on any atom is -0.320 e. The van der Waals surface area contributed by atoms with Crippen molar-refractivity contribution in [1.29, 1.82) is 0 Å². The van der Waals surface area contributed by atoms with Crippen molar-refractivity contribution in [1.82, 2.24) is 4.98 Å². The lowest BCUT2D eigenvalue weighted by atomic mass is 10.2. The lowest BCUT2D eigenvalue weighted by molar-refractivity contribution is -0.117. The van der Waals surface area contributed by atoms with Crippen LogP contribution in [0.3, 0.4) is 0 Å². The van der Waals surface area contributed by atoms with Crippen molar-refractivity contribution in [2.45, 2.75) is 19.4 Å². The number of amides is 1. The molecule has 0 bridgehead atoms. The molecule has 0 aliphatic carbocycles. The van der Waals surface area contributed by atoms with Gasteiger partial charge in [0.15, 0.2) is 0 Å². The Kier molecular flexibility index (Phi) is 5.94. The zero-order valence-corrected chi connectivity index (χ0v) is 12.3. The van der Waals surface area contributed by atoms with Gasteiger partial charge in [-0.2, -0.15) is 11.8 Å². The molecule has 3 N–H and O–H groups in total. The van der Waals surface area contributed by atoms with E-state index in [0.717, 1.165) is 15.8 Å². The smallest absolute Gasteiger partial charge is 0.242 e. The molecule has 0 radical (unpaired) electrons. The minimum atomic E-state index is -0.479. The van der Waals surface area contributed by atoms with E-state index in [1.165, 1.54) is 0 Å². The topological polar surface area (TPSA) is 68.0 Å². The molecular formula is C11H16BrN3OS. The number of thioether (sulfide) groups is 1. The third kappa shape index (κ3) is 4.65. The average Bonchev–Trinajstić information content (AvgIpc) is 2.30. The van der Waals surface area contributed by atoms with E-state index < -0.39 is 6.04 Å². The Hall–Kier alpha value is -0.590. The number of pyridine rings is 1. The number of carbonyl (C=O) groups is 1. The zero-order chi connectivity index (χ0) is 12.8. The fourth-order valence-electron chi connectivity index (χ4n) is 1.20. The number of rotatable bonds is 5. The van der Waals surface area contributed by atoms with Gasteiger partial charge in [-0.1, -0.05) is 0 Å². The van der Waals surface area contributed by atoms with E-state index in [2.05, 4.69) is 26.2 Å². The maximum atomic E-state index is 11.7. The molecule has 1 amide bonds. The Morgan fingerprint density at radius 3 is 3.00 bits per heavy atom. The van der Waals surface area contributed by atoms with Crippen LogP contribution in [-0.2, 0) is 4.79 Å². The van der Waals surface area contributed by atoms with Crippen LogP contribution in [0.2, 0.25) is 0 Å². The number of nitrogens with one attached hydrogen (secondary N) is 1. The summed E-state index contributed by atoms with van der Waals surface area (Å²) in [7, 11) is 0. The van der Waals surface area contributed by atoms with E-state index in [1.807, 2.05) is 19.2 Å². The van der Waals surface area contributed by atoms with Crippen molar-refractivity contribution in [3.05, 3.63) is 22.3 Å². The minimum absolute atomic E-state index is 0.187. The third-order valence-electron chi connectivity index (χ3n) is 2.27. The quantitative estimate of drug-likeness (QED) is 0.873. The summed E-state index contributed by atoms with van der Waals surface area (Å²) in [5.74, 6) is 1.23. The van der Waals surface area contributed by atoms with Crippen LogP contribution < -0.4 is 11.1 Å². The van der Waals surface area contributed by atoms with Gasteiger partial charge in [-0.25, -0.2) is 4.98 Å². The van der Waals surface area contributed by atoms with Crippen molar-refractivity contribution in [3.63, 3.8) is 0 Å². The number of hydrogen-bond donors (Lipinski definition) is 2. The fraction of sp³-hybridized carbons (Fsp3) is 0.455. The van der Waals surface area contributed by atoms with Crippen LogP contribution in [0.5, 0.6) is 0 Å². The van der Waals surface area contributed by atoms with Gasteiger partial charge in [0.1, 0.15) is 5.82 Å². The maximum absolute atomic E-state index is 11.7. The van der Waals surface area contributed by atoms with Gasteiger partial charge in [0, 0.05) is 10.7 Å². The van der Waals surface area contributed by atoms with Crippen LogP contribution in [0.1, 0.15) is 12.0 Å². The van der Waals surface area contributed by atoms with Crippen LogP contribution in [-0.4, -0.2) is 28.9 Å². The zero-order valence-electron chi connectivity index (χ0n) is 9.87. The number of halogens is 1. The largest absolute Gasteiger partial charge is 0.320 e. The molecular weight excluding hydrogens is 302 g/mol. The normalized spacial score (nSPS) is 12.2. The van der Waals surface area contributed by atoms with Crippen LogP contribution in [0, 0.1) is 6.92 Å². The Morgan fingerprint density at radius 2 is 2.41 bits per heavy atom. The number of hydrogen-bond acceptors (Lipinski definition) is 4. The van der Waals surface area contributed by atoms with Crippen LogP contribution in [0.15, 0.2) is 16.7 Å². The van der Waals surface area contributed by atoms with Gasteiger partial charge < -0.3 is 11.1 Å². The number of aryl methyl sites for hydroxylation is 1. The molecule has 1 rings (SSSR count). The van der Waals surface area contributed by atoms with Crippen LogP contribution >= 0.6 is 27.7 Å². The molecule has 1 aromatic rings. The number of aromatic nitrogens is 1. The molecule has 1 atom stereocenters. The molecule has 1 heterocycles. The summed E-state index contributed by atoms with van der Waals surface area (Å²) in [5, 5.41) is 2.71. The van der Waals surface area contributed by atoms with E-state index in [9.17, 15) is 4.79 Å². The Labute approximate surface area is 114 Å². The fourth-order valence-corrected chi connectivity index (χ4v) is 1.91. The van der Waals surface area contributed by atoms with Crippen LogP contribution in [0.25, 0.3) is 0 Å². The van der Waals surface area contributed by atoms with Gasteiger partial charge in [0.2, 0.25) is 5.91 Å². The average molecular weight is 318 g/mol. The molecule has 0 unspecified atom stereocenters. The van der Waals surface area contributed by atoms with Gasteiger partial charge in [-0.3, -0.25) is 4.79 Å². The van der Waals surface area contributed by atoms with Crippen molar-refractivity contribution in [2.24, 2.45) is 5.73 Å². The maximum Gasteiger partial charge on any atom is 0.242 e. The standard InChI is InChI=1S/C11H16BrN3OS/c1-7-5-10(14-6-8(7)12)15-11(16)9(13)3-4-17-2/h5-6,9H,3-4,13H2,1-2H3,(H,14,15,16)/t9-/m1/s1. The van der Waals surface area contributed by atoms with Crippen molar-refractivity contribution >= 4 is 39.4 Å². The molecule has 0 fully saturated rings. The lowest BCUT2D eigenvalue weighted by Gasteiger charge is -2.11. The molecule has 94 valence electrons. The van der Waals surface area contributed by atoms with Crippen molar-refractivity contribution in [2.75, 3.05) is 17.3 Å². The first-order valence-electron chi connectivity index (χ1n) is 5.22. The van der Waals surface area contributed by atoms with E-state index in [1.54, 1.807) is 18.0 Å². The molecule has 0 spiro atoms. The third-order valence-corrected chi connectivity index (χ3v) is 3.74. The molecule has 0 aliphatic heterocycles. The van der Waals surface area contributed by atoms with E-state index >= 15 is 0 Å². The van der Waals surface area contributed by atoms with Gasteiger partial charge in [0.05, 0.1) is 6.04 Å². The number of anilines is 1. The predicted molar refractivity (Wildman–Crippen MR) is 76.3 cm³/mol. The van der Waals surface area contributed by atoms with Crippen LogP contribution in [0.4, 0.5) is 5.82 Å². The van der Waals surface area contributed by atoms with E-state index in [4.69, 9.17) is 5.73 Å². The summed E-state index contributed by atoms with van der Waals surface area (Å²) in [6.45, 7) is 1.94. The summed E-state index contributed by atoms with van der Waals surface area (Å²) < 4.78 is 0.919. The summed E-state index contributed by atoms with van der Waals surface area (Å²) in [5.41, 5.74) is 6.78. The lowest BCUT2D eigenvalue weighted by Crippen LogP contribution is -2.36. The number of carbonyl (C=O) groups excluding carboxylic acids is 1. The molecule has 0 aromatic carbocycles. The first-order chi connectivity index (χ1) is 8.04. The van der Waals surface area contributed by atoms with E-state index in [-0.39, 0.29) is 5.91 Å². The SMILES string of the molecule is CSCC[C@@H](N)C(=O)Nc1cc(C)c(Br)cn1. The predicted octanol–water partition coefficient (Wildman–Crippen LogP) is 2.17. The summed E-state index contributed by atoms with van der Waals surface area (Å²) in [4.78, 5) is 15.8. The molecule has 1 aromatic heterocycles. The first-order valence-corrected chi connectivity index (χ1v) is 7.40. The summed E-state index contributed by atoms with van der Waals surface area (Å²) in [6, 6.07) is 1.33. The van der Waals surface area contributed by atoms with Gasteiger partial charge >= 0.3 is 0 Å². The van der Waals surface area contributed by atoms with Crippen molar-refractivity contribution < 1.29 is 4.79 Å². The molecule has 17 heavy (non-hydrogen) atoms. The molecule has 0 aliphatic rings. The van der Waals surface area contributed by atoms with Crippen molar-refractivity contribution in [3.8, 4) is 0 Å².